The fourth-order valence-electron chi connectivity index (χ4n) is 1.65. The fraction of sp³-hybridized carbons (Fsp3) is 0.250. The van der Waals surface area contributed by atoms with Crippen molar-refractivity contribution in [3.63, 3.8) is 0 Å². The number of amidine groups is 1. The lowest BCUT2D eigenvalue weighted by atomic mass is 10.1. The number of alkyl halides is 3. The van der Waals surface area contributed by atoms with E-state index < -0.39 is 11.7 Å². The molecule has 2 rings (SSSR count). The van der Waals surface area contributed by atoms with Gasteiger partial charge in [-0.15, -0.1) is 5.10 Å². The molecule has 0 aromatic heterocycles. The third-order valence-electron chi connectivity index (χ3n) is 2.49. The number of ether oxygens (including phenoxy) is 1. The molecule has 0 bridgehead atoms. The van der Waals surface area contributed by atoms with Crippen LogP contribution >= 0.6 is 11.8 Å². The van der Waals surface area contributed by atoms with Gasteiger partial charge in [0, 0.05) is 5.56 Å². The van der Waals surface area contributed by atoms with E-state index in [0.717, 1.165) is 25.1 Å². The van der Waals surface area contributed by atoms with E-state index in [-0.39, 0.29) is 28.1 Å². The van der Waals surface area contributed by atoms with Crippen LogP contribution in [-0.4, -0.2) is 30.2 Å². The van der Waals surface area contributed by atoms with E-state index in [0.29, 0.717) is 0 Å². The minimum atomic E-state index is -4.57. The molecule has 1 aromatic rings. The molecule has 0 spiro atoms. The molecule has 9 heteroatoms. The van der Waals surface area contributed by atoms with Crippen LogP contribution < -0.4 is 10.1 Å². The first kappa shape index (κ1) is 15.4. The van der Waals surface area contributed by atoms with Crippen LogP contribution in [0.4, 0.5) is 13.2 Å². The Bertz CT molecular complexity index is 614. The number of hydrogen-bond acceptors (Lipinski definition) is 5. The van der Waals surface area contributed by atoms with Crippen molar-refractivity contribution in [2.75, 3.05) is 12.9 Å². The van der Waals surface area contributed by atoms with Gasteiger partial charge >= 0.3 is 6.18 Å². The van der Waals surface area contributed by atoms with Crippen LogP contribution in [0.5, 0.6) is 5.75 Å². The Kier molecular flexibility index (Phi) is 4.51. The number of halogens is 3. The monoisotopic (exact) mass is 317 g/mol. The summed E-state index contributed by atoms with van der Waals surface area (Å²) in [5, 5.41) is 9.91. The first-order chi connectivity index (χ1) is 9.91. The molecule has 1 aromatic carbocycles. The van der Waals surface area contributed by atoms with E-state index in [4.69, 9.17) is 4.74 Å². The Balaban J connectivity index is 2.30. The predicted octanol–water partition coefficient (Wildman–Crippen LogP) is 2.27. The fourth-order valence-corrected chi connectivity index (χ4v) is 2.28. The molecular formula is C12H10F3N3O2S. The second kappa shape index (κ2) is 6.17. The number of hydrogen-bond donors (Lipinski definition) is 1. The third kappa shape index (κ3) is 3.75. The van der Waals surface area contributed by atoms with Crippen molar-refractivity contribution in [1.82, 2.24) is 5.32 Å². The predicted molar refractivity (Wildman–Crippen MR) is 73.6 cm³/mol. The lowest BCUT2D eigenvalue weighted by Gasteiger charge is -2.13. The smallest absolute Gasteiger partial charge is 0.420 e. The van der Waals surface area contributed by atoms with E-state index in [1.54, 1.807) is 0 Å². The van der Waals surface area contributed by atoms with Crippen LogP contribution in [0, 0.1) is 0 Å². The van der Waals surface area contributed by atoms with Gasteiger partial charge in [-0.2, -0.15) is 18.3 Å². The molecule has 0 saturated carbocycles. The van der Waals surface area contributed by atoms with E-state index >= 15 is 0 Å². The van der Waals surface area contributed by atoms with Crippen molar-refractivity contribution in [2.24, 2.45) is 10.2 Å². The van der Waals surface area contributed by atoms with Gasteiger partial charge in [0.1, 0.15) is 11.3 Å². The van der Waals surface area contributed by atoms with E-state index in [2.05, 4.69) is 15.5 Å². The average molecular weight is 317 g/mol. The van der Waals surface area contributed by atoms with Crippen molar-refractivity contribution < 1.29 is 22.7 Å². The summed E-state index contributed by atoms with van der Waals surface area (Å²) in [5.41, 5.74) is -1.08. The minimum absolute atomic E-state index is 0.166. The van der Waals surface area contributed by atoms with Crippen LogP contribution in [0.1, 0.15) is 11.1 Å². The summed E-state index contributed by atoms with van der Waals surface area (Å²) >= 11 is 1.13. The highest BCUT2D eigenvalue weighted by molar-refractivity contribution is 8.15. The van der Waals surface area contributed by atoms with Gasteiger partial charge in [0.05, 0.1) is 19.1 Å². The van der Waals surface area contributed by atoms with Gasteiger partial charge in [-0.1, -0.05) is 23.9 Å². The molecule has 1 saturated heterocycles. The van der Waals surface area contributed by atoms with Gasteiger partial charge in [-0.3, -0.25) is 4.79 Å². The molecule has 1 amide bonds. The molecule has 1 aliphatic rings. The molecule has 1 fully saturated rings. The third-order valence-corrected chi connectivity index (χ3v) is 3.36. The average Bonchev–Trinajstić information content (AvgIpc) is 2.83. The zero-order valence-electron chi connectivity index (χ0n) is 10.8. The maximum absolute atomic E-state index is 13.0. The molecule has 1 N–H and O–H groups in total. The highest BCUT2D eigenvalue weighted by Crippen LogP contribution is 2.38. The van der Waals surface area contributed by atoms with Crippen LogP contribution in [0.3, 0.4) is 0 Å². The maximum atomic E-state index is 13.0. The molecule has 21 heavy (non-hydrogen) atoms. The molecule has 0 aliphatic carbocycles. The summed E-state index contributed by atoms with van der Waals surface area (Å²) in [4.78, 5) is 10.9. The Morgan fingerprint density at radius 1 is 1.43 bits per heavy atom. The van der Waals surface area contributed by atoms with E-state index in [1.165, 1.54) is 18.2 Å². The first-order valence-corrected chi connectivity index (χ1v) is 6.68. The summed E-state index contributed by atoms with van der Waals surface area (Å²) in [5.74, 6) is -0.282. The second-order valence-corrected chi connectivity index (χ2v) is 4.87. The van der Waals surface area contributed by atoms with Gasteiger partial charge < -0.3 is 10.1 Å². The normalized spacial score (nSPS) is 17.5. The van der Waals surface area contributed by atoms with Crippen LogP contribution in [-0.2, 0) is 11.0 Å². The molecule has 0 atom stereocenters. The summed E-state index contributed by atoms with van der Waals surface area (Å²) in [6.45, 7) is 0. The lowest BCUT2D eigenvalue weighted by molar-refractivity contribution is -0.138. The number of benzene rings is 1. The van der Waals surface area contributed by atoms with Crippen molar-refractivity contribution >= 4 is 29.1 Å². The van der Waals surface area contributed by atoms with Crippen molar-refractivity contribution in [3.05, 3.63) is 29.3 Å². The van der Waals surface area contributed by atoms with Crippen LogP contribution in [0.2, 0.25) is 0 Å². The molecule has 0 radical (unpaired) electrons. The maximum Gasteiger partial charge on any atom is 0.420 e. The number of methoxy groups -OCH3 is 1. The Morgan fingerprint density at radius 3 is 2.76 bits per heavy atom. The standard InChI is InChI=1S/C12H10F3N3O2S/c1-20-8-4-2-3-7(10(8)12(13,14)15)5-16-18-11-17-9(19)6-21-11/h2-5H,6H2,1H3,(H,17,18,19). The number of amides is 1. The first-order valence-electron chi connectivity index (χ1n) is 5.69. The van der Waals surface area contributed by atoms with Gasteiger partial charge in [0.25, 0.3) is 0 Å². The molecule has 1 aliphatic heterocycles. The number of carbonyl (C=O) groups is 1. The topological polar surface area (TPSA) is 63.1 Å². The van der Waals surface area contributed by atoms with Crippen molar-refractivity contribution in [1.29, 1.82) is 0 Å². The van der Waals surface area contributed by atoms with E-state index in [1.807, 2.05) is 0 Å². The Labute approximate surface area is 122 Å². The van der Waals surface area contributed by atoms with Gasteiger partial charge in [0.15, 0.2) is 5.17 Å². The van der Waals surface area contributed by atoms with Crippen LogP contribution in [0.25, 0.3) is 0 Å². The molecule has 112 valence electrons. The number of nitrogens with one attached hydrogen (secondary N) is 1. The Hall–Kier alpha value is -2.03. The largest absolute Gasteiger partial charge is 0.496 e. The molecule has 1 heterocycles. The summed E-state index contributed by atoms with van der Waals surface area (Å²) in [6.07, 6.45) is -3.60. The molecule has 5 nitrogen and oxygen atoms in total. The van der Waals surface area contributed by atoms with Crippen LogP contribution in [0.15, 0.2) is 28.4 Å². The molecular weight excluding hydrogens is 307 g/mol. The van der Waals surface area contributed by atoms with Gasteiger partial charge in [0.2, 0.25) is 5.91 Å². The number of carbonyl (C=O) groups excluding carboxylic acids is 1. The second-order valence-electron chi connectivity index (χ2n) is 3.91. The highest BCUT2D eigenvalue weighted by atomic mass is 32.2. The zero-order valence-corrected chi connectivity index (χ0v) is 11.6. The molecule has 0 unspecified atom stereocenters. The number of rotatable bonds is 3. The van der Waals surface area contributed by atoms with Crippen molar-refractivity contribution in [3.8, 4) is 5.75 Å². The zero-order chi connectivity index (χ0) is 15.5. The number of nitrogens with zero attached hydrogens (tertiary/aromatic N) is 2. The van der Waals surface area contributed by atoms with Gasteiger partial charge in [-0.25, -0.2) is 0 Å². The van der Waals surface area contributed by atoms with E-state index in [9.17, 15) is 18.0 Å². The SMILES string of the molecule is COc1cccc(C=NN=C2NC(=O)CS2)c1C(F)(F)F. The quantitative estimate of drug-likeness (QED) is 0.687. The highest BCUT2D eigenvalue weighted by Gasteiger charge is 2.36. The van der Waals surface area contributed by atoms with Crippen molar-refractivity contribution in [2.45, 2.75) is 6.18 Å². The minimum Gasteiger partial charge on any atom is -0.496 e. The Morgan fingerprint density at radius 2 is 2.19 bits per heavy atom. The summed E-state index contributed by atoms with van der Waals surface area (Å²) < 4.78 is 43.8. The summed E-state index contributed by atoms with van der Waals surface area (Å²) in [7, 11) is 1.16. The number of thioether (sulfide) groups is 1. The summed E-state index contributed by atoms with van der Waals surface area (Å²) in [6, 6.07) is 3.91. The lowest BCUT2D eigenvalue weighted by Crippen LogP contribution is -2.19. The van der Waals surface area contributed by atoms with Gasteiger partial charge in [-0.05, 0) is 6.07 Å².